The largest absolute Gasteiger partial charge is 0.314 e. The predicted molar refractivity (Wildman–Crippen MR) is 68.4 cm³/mol. The van der Waals surface area contributed by atoms with E-state index < -0.39 is 0 Å². The molecule has 0 radical (unpaired) electrons. The van der Waals surface area contributed by atoms with E-state index in [2.05, 4.69) is 27.2 Å². The number of hydrogen-bond acceptors (Lipinski definition) is 4. The zero-order valence-corrected chi connectivity index (χ0v) is 10.5. The second-order valence-corrected chi connectivity index (χ2v) is 4.29. The van der Waals surface area contributed by atoms with Gasteiger partial charge in [-0.3, -0.25) is 9.30 Å². The van der Waals surface area contributed by atoms with Crippen molar-refractivity contribution < 1.29 is 0 Å². The fraction of sp³-hybridized carbons (Fsp3) is 0.455. The number of halogens is 1. The lowest BCUT2D eigenvalue weighted by Gasteiger charge is -2.35. The molecule has 6 heteroatoms. The molecule has 3 heterocycles. The average Bonchev–Trinajstić information content (AvgIpc) is 2.56. The van der Waals surface area contributed by atoms with Crippen LogP contribution in [0.3, 0.4) is 0 Å². The first-order valence-corrected chi connectivity index (χ1v) is 5.52. The van der Waals surface area contributed by atoms with Crippen LogP contribution in [-0.2, 0) is 6.54 Å². The minimum absolute atomic E-state index is 0. The molecule has 2 aromatic rings. The Labute approximate surface area is 106 Å². The van der Waals surface area contributed by atoms with Gasteiger partial charge in [-0.05, 0) is 13.1 Å². The van der Waals surface area contributed by atoms with Crippen LogP contribution in [0.5, 0.6) is 0 Å². The summed E-state index contributed by atoms with van der Waals surface area (Å²) in [6, 6.07) is 2.57. The van der Waals surface area contributed by atoms with Crippen molar-refractivity contribution >= 4 is 18.2 Å². The number of nitrogens with zero attached hydrogens (tertiary/aromatic N) is 4. The Morgan fingerprint density at radius 2 is 2.35 bits per heavy atom. The summed E-state index contributed by atoms with van der Waals surface area (Å²) >= 11 is 0. The average molecular weight is 254 g/mol. The van der Waals surface area contributed by atoms with Crippen LogP contribution in [0.15, 0.2) is 24.7 Å². The molecule has 2 aromatic heterocycles. The van der Waals surface area contributed by atoms with Gasteiger partial charge in [0, 0.05) is 44.3 Å². The third-order valence-electron chi connectivity index (χ3n) is 3.08. The van der Waals surface area contributed by atoms with Crippen molar-refractivity contribution in [3.05, 3.63) is 30.4 Å². The predicted octanol–water partition coefficient (Wildman–Crippen LogP) is 0.555. The summed E-state index contributed by atoms with van der Waals surface area (Å²) in [5.41, 5.74) is 1.08. The van der Waals surface area contributed by atoms with E-state index in [9.17, 15) is 0 Å². The zero-order valence-electron chi connectivity index (χ0n) is 9.71. The van der Waals surface area contributed by atoms with Crippen molar-refractivity contribution in [1.29, 1.82) is 0 Å². The molecule has 17 heavy (non-hydrogen) atoms. The normalized spacial score (nSPS) is 15.9. The number of fused-ring (bicyclic) bond motifs is 1. The second-order valence-electron chi connectivity index (χ2n) is 4.29. The van der Waals surface area contributed by atoms with E-state index in [0.717, 1.165) is 31.1 Å². The van der Waals surface area contributed by atoms with Crippen molar-refractivity contribution in [3.63, 3.8) is 0 Å². The Morgan fingerprint density at radius 3 is 3.00 bits per heavy atom. The number of aromatic nitrogens is 3. The molecule has 1 saturated heterocycles. The van der Waals surface area contributed by atoms with Crippen LogP contribution in [0.25, 0.3) is 5.78 Å². The quantitative estimate of drug-likeness (QED) is 0.868. The Kier molecular flexibility index (Phi) is 3.61. The van der Waals surface area contributed by atoms with E-state index in [1.54, 1.807) is 6.20 Å². The topological polar surface area (TPSA) is 45.5 Å². The molecule has 0 bridgehead atoms. The number of rotatable bonds is 3. The van der Waals surface area contributed by atoms with Crippen LogP contribution in [-0.4, -0.2) is 45.4 Å². The number of likely N-dealkylation sites (N-methyl/N-ethyl adjacent to an activating group) is 1. The highest BCUT2D eigenvalue weighted by Crippen LogP contribution is 2.09. The fourth-order valence-electron chi connectivity index (χ4n) is 1.93. The second kappa shape index (κ2) is 5.00. The zero-order chi connectivity index (χ0) is 11.0. The summed E-state index contributed by atoms with van der Waals surface area (Å²) in [5, 5.41) is 3.27. The van der Waals surface area contributed by atoms with Crippen LogP contribution in [0.1, 0.15) is 5.69 Å². The van der Waals surface area contributed by atoms with E-state index in [4.69, 9.17) is 0 Å². The molecule has 0 aromatic carbocycles. The molecule has 0 atom stereocenters. The van der Waals surface area contributed by atoms with E-state index >= 15 is 0 Å². The van der Waals surface area contributed by atoms with Gasteiger partial charge in [0.25, 0.3) is 0 Å². The first-order valence-electron chi connectivity index (χ1n) is 5.52. The Balaban J connectivity index is 0.00000108. The monoisotopic (exact) mass is 253 g/mol. The highest BCUT2D eigenvalue weighted by Gasteiger charge is 2.21. The molecule has 92 valence electrons. The molecule has 0 spiro atoms. The van der Waals surface area contributed by atoms with Crippen LogP contribution < -0.4 is 5.32 Å². The van der Waals surface area contributed by atoms with Crippen LogP contribution in [0, 0.1) is 0 Å². The number of hydrogen-bond donors (Lipinski definition) is 1. The smallest absolute Gasteiger partial charge is 0.233 e. The van der Waals surface area contributed by atoms with E-state index in [1.807, 2.05) is 22.9 Å². The molecule has 1 N–H and O–H groups in total. The number of nitrogens with one attached hydrogen (secondary N) is 1. The summed E-state index contributed by atoms with van der Waals surface area (Å²) < 4.78 is 1.96. The van der Waals surface area contributed by atoms with Crippen molar-refractivity contribution in [2.24, 2.45) is 0 Å². The third-order valence-corrected chi connectivity index (χ3v) is 3.08. The van der Waals surface area contributed by atoms with Gasteiger partial charge in [-0.15, -0.1) is 12.4 Å². The maximum Gasteiger partial charge on any atom is 0.233 e. The molecule has 1 aliphatic rings. The SMILES string of the molecule is CN(Cc1cn2cccnc2n1)C1CNC1.Cl. The molecule has 1 aliphatic heterocycles. The fourth-order valence-corrected chi connectivity index (χ4v) is 1.93. The summed E-state index contributed by atoms with van der Waals surface area (Å²) in [6.07, 6.45) is 5.79. The molecule has 0 unspecified atom stereocenters. The summed E-state index contributed by atoms with van der Waals surface area (Å²) in [7, 11) is 2.14. The summed E-state index contributed by atoms with van der Waals surface area (Å²) in [5.74, 6) is 0.776. The summed E-state index contributed by atoms with van der Waals surface area (Å²) in [4.78, 5) is 11.0. The molecule has 3 rings (SSSR count). The van der Waals surface area contributed by atoms with Gasteiger partial charge >= 0.3 is 0 Å². The third kappa shape index (κ3) is 2.41. The van der Waals surface area contributed by atoms with Gasteiger partial charge in [0.1, 0.15) is 0 Å². The van der Waals surface area contributed by atoms with Crippen LogP contribution in [0.2, 0.25) is 0 Å². The van der Waals surface area contributed by atoms with Crippen LogP contribution in [0.4, 0.5) is 0 Å². The van der Waals surface area contributed by atoms with Gasteiger partial charge in [0.15, 0.2) is 0 Å². The molecule has 5 nitrogen and oxygen atoms in total. The van der Waals surface area contributed by atoms with Gasteiger partial charge < -0.3 is 5.32 Å². The van der Waals surface area contributed by atoms with Crippen molar-refractivity contribution in [3.8, 4) is 0 Å². The van der Waals surface area contributed by atoms with Gasteiger partial charge in [0.2, 0.25) is 5.78 Å². The maximum atomic E-state index is 4.48. The van der Waals surface area contributed by atoms with Gasteiger partial charge in [-0.2, -0.15) is 0 Å². The van der Waals surface area contributed by atoms with E-state index in [1.165, 1.54) is 0 Å². The Bertz CT molecular complexity index is 460. The lowest BCUT2D eigenvalue weighted by Crippen LogP contribution is -2.55. The van der Waals surface area contributed by atoms with Crippen LogP contribution >= 0.6 is 12.4 Å². The van der Waals surface area contributed by atoms with Gasteiger partial charge in [-0.25, -0.2) is 9.97 Å². The lowest BCUT2D eigenvalue weighted by molar-refractivity contribution is 0.171. The molecular weight excluding hydrogens is 238 g/mol. The standard InChI is InChI=1S/C11H15N5.ClH/c1-15(10-5-12-6-10)7-9-8-16-4-2-3-13-11(16)14-9;/h2-4,8,10,12H,5-7H2,1H3;1H. The minimum Gasteiger partial charge on any atom is -0.314 e. The van der Waals surface area contributed by atoms with Gasteiger partial charge in [0.05, 0.1) is 5.69 Å². The molecule has 0 saturated carbocycles. The van der Waals surface area contributed by atoms with Gasteiger partial charge in [-0.1, -0.05) is 0 Å². The number of imidazole rings is 1. The van der Waals surface area contributed by atoms with Crippen molar-refractivity contribution in [1.82, 2.24) is 24.6 Å². The molecular formula is C11H16ClN5. The first kappa shape index (κ1) is 12.3. The van der Waals surface area contributed by atoms with E-state index in [-0.39, 0.29) is 12.4 Å². The highest BCUT2D eigenvalue weighted by molar-refractivity contribution is 5.85. The Morgan fingerprint density at radius 1 is 1.53 bits per heavy atom. The first-order chi connectivity index (χ1) is 7.83. The van der Waals surface area contributed by atoms with Crippen molar-refractivity contribution in [2.75, 3.05) is 20.1 Å². The highest BCUT2D eigenvalue weighted by atomic mass is 35.5. The lowest BCUT2D eigenvalue weighted by atomic mass is 10.1. The maximum absolute atomic E-state index is 4.48. The van der Waals surface area contributed by atoms with E-state index in [0.29, 0.717) is 6.04 Å². The summed E-state index contributed by atoms with van der Waals surface area (Å²) in [6.45, 7) is 3.06. The molecule has 1 fully saturated rings. The van der Waals surface area contributed by atoms with Crippen molar-refractivity contribution in [2.45, 2.75) is 12.6 Å². The molecule has 0 aliphatic carbocycles. The minimum atomic E-state index is 0. The molecule has 0 amide bonds. The Hall–Kier alpha value is -1.17.